The molecule has 0 aliphatic carbocycles. The van der Waals surface area contributed by atoms with Crippen LogP contribution in [0.5, 0.6) is 0 Å². The summed E-state index contributed by atoms with van der Waals surface area (Å²) < 4.78 is 30.0. The summed E-state index contributed by atoms with van der Waals surface area (Å²) in [5.41, 5.74) is 4.42. The number of nitrogens with zero attached hydrogens (tertiary/aromatic N) is 6. The molecule has 3 aromatic carbocycles. The minimum absolute atomic E-state index is 0.0247. The lowest BCUT2D eigenvalue weighted by atomic mass is 9.97. The zero-order chi connectivity index (χ0) is 40.5. The molecule has 0 bridgehead atoms. The maximum absolute atomic E-state index is 14.4. The molecule has 0 saturated carbocycles. The fraction of sp³-hybridized carbons (Fsp3) is 0.310. The first-order chi connectivity index (χ1) is 27.4. The van der Waals surface area contributed by atoms with E-state index in [0.29, 0.717) is 30.8 Å². The number of sulfonamides is 1. The summed E-state index contributed by atoms with van der Waals surface area (Å²) in [6.45, 7) is 6.33. The molecular weight excluding hydrogens is 763 g/mol. The Bertz CT molecular complexity index is 2240. The maximum Gasteiger partial charge on any atom is 0.321 e. The molecule has 0 spiro atoms. The molecule has 15 heteroatoms. The van der Waals surface area contributed by atoms with E-state index in [9.17, 15) is 23.1 Å². The summed E-state index contributed by atoms with van der Waals surface area (Å²) in [4.78, 5) is 40.1. The number of carbonyl (C=O) groups is 2. The van der Waals surface area contributed by atoms with Gasteiger partial charge >= 0.3 is 6.03 Å². The fourth-order valence-corrected chi connectivity index (χ4v) is 9.00. The molecule has 57 heavy (non-hydrogen) atoms. The van der Waals surface area contributed by atoms with Crippen LogP contribution in [0.4, 0.5) is 4.79 Å². The van der Waals surface area contributed by atoms with Crippen molar-refractivity contribution in [3.05, 3.63) is 136 Å². The lowest BCUT2D eigenvalue weighted by molar-refractivity contribution is -0.128. The van der Waals surface area contributed by atoms with Crippen LogP contribution in [0.15, 0.2) is 119 Å². The molecule has 0 radical (unpaired) electrons. The minimum atomic E-state index is -4.23. The second kappa shape index (κ2) is 18.6. The first kappa shape index (κ1) is 41.2. The third-order valence-electron chi connectivity index (χ3n) is 9.86. The second-order valence-electron chi connectivity index (χ2n) is 14.3. The van der Waals surface area contributed by atoms with E-state index >= 15 is 0 Å². The van der Waals surface area contributed by atoms with Gasteiger partial charge in [0.1, 0.15) is 6.04 Å². The molecule has 1 saturated heterocycles. The molecule has 13 nitrogen and oxygen atoms in total. The van der Waals surface area contributed by atoms with Gasteiger partial charge in [-0.1, -0.05) is 91.8 Å². The predicted octanol–water partition coefficient (Wildman–Crippen LogP) is 5.56. The monoisotopic (exact) mass is 809 g/mol. The Kier molecular flexibility index (Phi) is 13.5. The van der Waals surface area contributed by atoms with Crippen LogP contribution < -0.4 is 5.32 Å². The standard InChI is InChI=1S/C42H47N7O6S2/c1-29(2)40(49-22-21-47(42(49)52)26-35-28-56-30(3)45-35)41(51)46-38(23-31-9-5-4-6-10-31)39(50)27-48(57(54,55)36-18-14-32(15-19-36)24-44-53)25-33-12-16-34(17-13-33)37-11-7-8-20-43-37/h4-20,24,28-29,38-40,50,53H,21-23,25-27H2,1-3H3,(H,46,51)/t38-,39+,40-/m0/s1. The molecule has 5 aromatic rings. The number of aliphatic hydroxyl groups is 1. The van der Waals surface area contributed by atoms with Gasteiger partial charge in [-0.2, -0.15) is 4.31 Å². The van der Waals surface area contributed by atoms with Crippen molar-refractivity contribution in [1.82, 2.24) is 29.4 Å². The molecule has 1 fully saturated rings. The van der Waals surface area contributed by atoms with E-state index in [1.54, 1.807) is 16.0 Å². The van der Waals surface area contributed by atoms with Crippen LogP contribution in [0, 0.1) is 12.8 Å². The number of oxime groups is 1. The van der Waals surface area contributed by atoms with Gasteiger partial charge in [0.2, 0.25) is 15.9 Å². The van der Waals surface area contributed by atoms with Gasteiger partial charge in [0, 0.05) is 43.3 Å². The number of aryl methyl sites for hydroxylation is 1. The number of carbonyl (C=O) groups excluding carboxylic acids is 2. The van der Waals surface area contributed by atoms with E-state index in [0.717, 1.165) is 27.5 Å². The van der Waals surface area contributed by atoms with Crippen molar-refractivity contribution in [2.45, 2.75) is 63.4 Å². The number of nitrogens with one attached hydrogen (secondary N) is 1. The molecule has 6 rings (SSSR count). The van der Waals surface area contributed by atoms with Crippen LogP contribution in [0.1, 0.15) is 41.2 Å². The highest BCUT2D eigenvalue weighted by atomic mass is 32.2. The number of thiazole rings is 1. The van der Waals surface area contributed by atoms with Gasteiger partial charge in [-0.15, -0.1) is 11.3 Å². The minimum Gasteiger partial charge on any atom is -0.411 e. The largest absolute Gasteiger partial charge is 0.411 e. The third-order valence-corrected chi connectivity index (χ3v) is 12.5. The molecule has 0 unspecified atom stereocenters. The van der Waals surface area contributed by atoms with E-state index in [1.807, 2.05) is 98.9 Å². The van der Waals surface area contributed by atoms with E-state index in [-0.39, 0.29) is 36.4 Å². The predicted molar refractivity (Wildman–Crippen MR) is 219 cm³/mol. The van der Waals surface area contributed by atoms with Crippen molar-refractivity contribution in [2.75, 3.05) is 19.6 Å². The van der Waals surface area contributed by atoms with Gasteiger partial charge in [-0.25, -0.2) is 18.2 Å². The molecule has 1 aliphatic rings. The summed E-state index contributed by atoms with van der Waals surface area (Å²) >= 11 is 1.52. The zero-order valence-corrected chi connectivity index (χ0v) is 33.7. The second-order valence-corrected chi connectivity index (χ2v) is 17.3. The Morgan fingerprint density at radius 1 is 0.982 bits per heavy atom. The normalized spacial score (nSPS) is 15.1. The van der Waals surface area contributed by atoms with Crippen LogP contribution in [0.2, 0.25) is 0 Å². The van der Waals surface area contributed by atoms with Crippen molar-refractivity contribution in [2.24, 2.45) is 11.1 Å². The van der Waals surface area contributed by atoms with Crippen molar-refractivity contribution in [1.29, 1.82) is 0 Å². The number of pyridine rings is 1. The highest BCUT2D eigenvalue weighted by Gasteiger charge is 2.40. The number of hydrogen-bond acceptors (Lipinski definition) is 10. The number of hydrogen-bond donors (Lipinski definition) is 3. The van der Waals surface area contributed by atoms with Gasteiger partial charge in [0.15, 0.2) is 0 Å². The van der Waals surface area contributed by atoms with E-state index < -0.39 is 34.1 Å². The smallest absolute Gasteiger partial charge is 0.321 e. The Morgan fingerprint density at radius 2 is 1.70 bits per heavy atom. The lowest BCUT2D eigenvalue weighted by Crippen LogP contribution is -2.57. The van der Waals surface area contributed by atoms with Crippen LogP contribution in [0.25, 0.3) is 11.3 Å². The van der Waals surface area contributed by atoms with Crippen LogP contribution in [-0.4, -0.2) is 98.8 Å². The summed E-state index contributed by atoms with van der Waals surface area (Å²) in [7, 11) is -4.23. The Morgan fingerprint density at radius 3 is 2.33 bits per heavy atom. The number of aliphatic hydroxyl groups excluding tert-OH is 1. The molecular formula is C42H47N7O6S2. The number of benzene rings is 3. The first-order valence-electron chi connectivity index (χ1n) is 18.7. The number of aromatic nitrogens is 2. The molecule has 3 N–H and O–H groups in total. The molecule has 3 atom stereocenters. The third kappa shape index (κ3) is 10.3. The number of urea groups is 1. The lowest BCUT2D eigenvalue weighted by Gasteiger charge is -2.34. The average molecular weight is 810 g/mol. The Hall–Kier alpha value is -5.48. The van der Waals surface area contributed by atoms with E-state index in [2.05, 4.69) is 20.4 Å². The van der Waals surface area contributed by atoms with Crippen molar-refractivity contribution in [3.8, 4) is 11.3 Å². The van der Waals surface area contributed by atoms with Crippen LogP contribution >= 0.6 is 11.3 Å². The SMILES string of the molecule is Cc1nc(CN2CCN([C@H](C(=O)N[C@@H](Cc3ccccc3)[C@H](O)CN(Cc3ccc(-c4ccccn4)cc3)S(=O)(=O)c3ccc(C=NO)cc3)C(C)C)C2=O)cs1. The van der Waals surface area contributed by atoms with E-state index in [4.69, 9.17) is 5.21 Å². The highest BCUT2D eigenvalue weighted by Crippen LogP contribution is 2.25. The molecule has 1 aliphatic heterocycles. The topological polar surface area (TPSA) is 169 Å². The first-order valence-corrected chi connectivity index (χ1v) is 21.0. The summed E-state index contributed by atoms with van der Waals surface area (Å²) in [5, 5.41) is 29.9. The Balaban J connectivity index is 1.27. The molecule has 2 aromatic heterocycles. The summed E-state index contributed by atoms with van der Waals surface area (Å²) in [6.07, 6.45) is 1.72. The highest BCUT2D eigenvalue weighted by molar-refractivity contribution is 7.89. The number of amides is 3. The van der Waals surface area contributed by atoms with Crippen molar-refractivity contribution in [3.63, 3.8) is 0 Å². The molecule has 298 valence electrons. The van der Waals surface area contributed by atoms with Crippen LogP contribution in [0.3, 0.4) is 0 Å². The van der Waals surface area contributed by atoms with Gasteiger partial charge < -0.3 is 25.4 Å². The quantitative estimate of drug-likeness (QED) is 0.0623. The summed E-state index contributed by atoms with van der Waals surface area (Å²) in [5.74, 6) is -0.708. The zero-order valence-electron chi connectivity index (χ0n) is 32.0. The van der Waals surface area contributed by atoms with Gasteiger partial charge in [0.25, 0.3) is 0 Å². The van der Waals surface area contributed by atoms with Gasteiger partial charge in [-0.05, 0) is 60.2 Å². The summed E-state index contributed by atoms with van der Waals surface area (Å²) in [6, 6.07) is 26.1. The van der Waals surface area contributed by atoms with E-state index in [1.165, 1.54) is 46.1 Å². The van der Waals surface area contributed by atoms with Gasteiger partial charge in [0.05, 0.1) is 46.2 Å². The van der Waals surface area contributed by atoms with Crippen molar-refractivity contribution < 1.29 is 28.3 Å². The maximum atomic E-state index is 14.4. The fourth-order valence-electron chi connectivity index (χ4n) is 6.95. The number of rotatable bonds is 17. The average Bonchev–Trinajstić information content (AvgIpc) is 3.79. The van der Waals surface area contributed by atoms with Crippen molar-refractivity contribution >= 4 is 39.5 Å². The molecule has 3 heterocycles. The van der Waals surface area contributed by atoms with Crippen LogP contribution in [-0.2, 0) is 34.3 Å². The van der Waals surface area contributed by atoms with Gasteiger partial charge in [-0.3, -0.25) is 9.78 Å². The molecule has 3 amide bonds. The Labute approximate surface area is 337 Å².